The summed E-state index contributed by atoms with van der Waals surface area (Å²) in [6.07, 6.45) is 3.57. The minimum atomic E-state index is -0.509. The fourth-order valence-corrected chi connectivity index (χ4v) is 2.90. The van der Waals surface area contributed by atoms with E-state index in [9.17, 15) is 9.90 Å². The molecule has 2 aromatic carbocycles. The van der Waals surface area contributed by atoms with Gasteiger partial charge in [-0.1, -0.05) is 32.8 Å². The van der Waals surface area contributed by atoms with Gasteiger partial charge >= 0.3 is 0 Å². The molecule has 0 fully saturated rings. The number of hydrogen-bond acceptors (Lipinski definition) is 5. The van der Waals surface area contributed by atoms with Crippen LogP contribution in [0, 0.1) is 0 Å². The zero-order valence-electron chi connectivity index (χ0n) is 16.3. The molecule has 27 heavy (non-hydrogen) atoms. The number of aromatic hydroxyl groups is 1. The van der Waals surface area contributed by atoms with Crippen LogP contribution in [0.2, 0.25) is 0 Å². The predicted octanol–water partition coefficient (Wildman–Crippen LogP) is 5.10. The van der Waals surface area contributed by atoms with Crippen molar-refractivity contribution in [1.82, 2.24) is 0 Å². The molecule has 0 aromatic heterocycles. The van der Waals surface area contributed by atoms with Crippen molar-refractivity contribution in [2.75, 3.05) is 5.73 Å². The fourth-order valence-electron chi connectivity index (χ4n) is 2.90. The third kappa shape index (κ3) is 5.64. The number of Topliss-reactive ketones (excluding diaryl/α,β-unsaturated/α-hetero) is 1. The lowest BCUT2D eigenvalue weighted by atomic mass is 10.0. The molecule has 2 rings (SSSR count). The molecule has 2 aromatic rings. The Labute approximate surface area is 161 Å². The van der Waals surface area contributed by atoms with Crippen molar-refractivity contribution in [3.63, 3.8) is 0 Å². The van der Waals surface area contributed by atoms with Crippen LogP contribution >= 0.6 is 0 Å². The van der Waals surface area contributed by atoms with E-state index < -0.39 is 6.29 Å². The van der Waals surface area contributed by atoms with Gasteiger partial charge in [0.2, 0.25) is 6.29 Å². The van der Waals surface area contributed by atoms with Crippen LogP contribution in [0.15, 0.2) is 36.4 Å². The van der Waals surface area contributed by atoms with Gasteiger partial charge in [-0.2, -0.15) is 0 Å². The summed E-state index contributed by atoms with van der Waals surface area (Å²) >= 11 is 0. The Morgan fingerprint density at radius 1 is 1.15 bits per heavy atom. The Kier molecular flexibility index (Phi) is 7.53. The van der Waals surface area contributed by atoms with E-state index in [0.29, 0.717) is 41.2 Å². The van der Waals surface area contributed by atoms with Gasteiger partial charge in [0.15, 0.2) is 5.78 Å². The molecule has 0 heterocycles. The molecule has 0 saturated carbocycles. The Morgan fingerprint density at radius 3 is 2.56 bits per heavy atom. The molecule has 0 aliphatic rings. The first kappa shape index (κ1) is 20.6. The lowest BCUT2D eigenvalue weighted by molar-refractivity contribution is -0.00290. The number of nitrogen functional groups attached to an aromatic ring is 1. The molecule has 3 N–H and O–H groups in total. The van der Waals surface area contributed by atoms with Crippen LogP contribution in [0.3, 0.4) is 0 Å². The van der Waals surface area contributed by atoms with Crippen LogP contribution in [-0.2, 0) is 6.42 Å². The number of phenols is 1. The number of unbranched alkanes of at least 4 members (excludes halogenated alkanes) is 1. The van der Waals surface area contributed by atoms with E-state index in [2.05, 4.69) is 6.92 Å². The monoisotopic (exact) mass is 371 g/mol. The van der Waals surface area contributed by atoms with E-state index in [-0.39, 0.29) is 11.5 Å². The average Bonchev–Trinajstić information content (AvgIpc) is 2.62. The van der Waals surface area contributed by atoms with E-state index in [1.165, 1.54) is 6.92 Å². The quantitative estimate of drug-likeness (QED) is 0.345. The number of phenolic OH excluding ortho intramolecular Hbond substituents is 1. The SMILES string of the molecule is CCCCC(Oc1cccc(N)c1)Oc1ccc(C(C)=O)c(O)c1CCC. The van der Waals surface area contributed by atoms with Gasteiger partial charge in [-0.25, -0.2) is 0 Å². The highest BCUT2D eigenvalue weighted by Crippen LogP contribution is 2.34. The van der Waals surface area contributed by atoms with Gasteiger partial charge in [0.05, 0.1) is 5.56 Å². The number of benzene rings is 2. The molecule has 5 nitrogen and oxygen atoms in total. The molecule has 0 radical (unpaired) electrons. The second-order valence-corrected chi connectivity index (χ2v) is 6.62. The molecule has 0 bridgehead atoms. The molecule has 0 spiro atoms. The van der Waals surface area contributed by atoms with Gasteiger partial charge in [0, 0.05) is 23.7 Å². The van der Waals surface area contributed by atoms with Crippen LogP contribution < -0.4 is 15.2 Å². The van der Waals surface area contributed by atoms with E-state index in [1.54, 1.807) is 24.3 Å². The highest BCUT2D eigenvalue weighted by molar-refractivity contribution is 5.97. The highest BCUT2D eigenvalue weighted by Gasteiger charge is 2.20. The number of ether oxygens (including phenoxy) is 2. The molecule has 0 aliphatic carbocycles. The lowest BCUT2D eigenvalue weighted by Gasteiger charge is -2.23. The topological polar surface area (TPSA) is 81.8 Å². The first-order valence-corrected chi connectivity index (χ1v) is 9.50. The third-order valence-electron chi connectivity index (χ3n) is 4.30. The number of hydrogen-bond donors (Lipinski definition) is 2. The van der Waals surface area contributed by atoms with Crippen LogP contribution in [-0.4, -0.2) is 17.2 Å². The van der Waals surface area contributed by atoms with Crippen molar-refractivity contribution in [2.24, 2.45) is 0 Å². The van der Waals surface area contributed by atoms with Gasteiger partial charge in [0.1, 0.15) is 17.2 Å². The molecule has 5 heteroatoms. The van der Waals surface area contributed by atoms with Crippen LogP contribution in [0.25, 0.3) is 0 Å². The summed E-state index contributed by atoms with van der Waals surface area (Å²) in [5, 5.41) is 10.5. The first-order valence-electron chi connectivity index (χ1n) is 9.50. The molecule has 0 saturated heterocycles. The van der Waals surface area contributed by atoms with Gasteiger partial charge in [-0.3, -0.25) is 4.79 Å². The summed E-state index contributed by atoms with van der Waals surface area (Å²) in [6, 6.07) is 10.6. The summed E-state index contributed by atoms with van der Waals surface area (Å²) < 4.78 is 12.1. The Hall–Kier alpha value is -2.69. The molecular formula is C22H29NO4. The smallest absolute Gasteiger partial charge is 0.241 e. The second kappa shape index (κ2) is 9.86. The van der Waals surface area contributed by atoms with Gasteiger partial charge < -0.3 is 20.3 Å². The van der Waals surface area contributed by atoms with Crippen molar-refractivity contribution >= 4 is 11.5 Å². The number of anilines is 1. The van der Waals surface area contributed by atoms with Gasteiger partial charge in [0.25, 0.3) is 0 Å². The summed E-state index contributed by atoms with van der Waals surface area (Å²) in [6.45, 7) is 5.56. The Morgan fingerprint density at radius 2 is 1.93 bits per heavy atom. The maximum absolute atomic E-state index is 11.7. The van der Waals surface area contributed by atoms with E-state index in [0.717, 1.165) is 19.3 Å². The molecule has 0 amide bonds. The molecule has 0 aliphatic heterocycles. The average molecular weight is 371 g/mol. The highest BCUT2D eigenvalue weighted by atomic mass is 16.7. The molecule has 1 atom stereocenters. The number of carbonyl (C=O) groups is 1. The van der Waals surface area contributed by atoms with Crippen molar-refractivity contribution < 1.29 is 19.4 Å². The normalized spacial score (nSPS) is 11.8. The lowest BCUT2D eigenvalue weighted by Crippen LogP contribution is -2.24. The summed E-state index contributed by atoms with van der Waals surface area (Å²) in [4.78, 5) is 11.7. The van der Waals surface area contributed by atoms with Crippen LogP contribution in [0.5, 0.6) is 17.2 Å². The second-order valence-electron chi connectivity index (χ2n) is 6.62. The van der Waals surface area contributed by atoms with Gasteiger partial charge in [-0.05, 0) is 44.0 Å². The predicted molar refractivity (Wildman–Crippen MR) is 108 cm³/mol. The Bertz CT molecular complexity index is 773. The largest absolute Gasteiger partial charge is 0.507 e. The van der Waals surface area contributed by atoms with E-state index >= 15 is 0 Å². The molecule has 146 valence electrons. The summed E-state index contributed by atoms with van der Waals surface area (Å²) in [5.41, 5.74) is 7.41. The summed E-state index contributed by atoms with van der Waals surface area (Å²) in [7, 11) is 0. The first-order chi connectivity index (χ1) is 13.0. The maximum Gasteiger partial charge on any atom is 0.241 e. The summed E-state index contributed by atoms with van der Waals surface area (Å²) in [5.74, 6) is 1.01. The molecule has 1 unspecified atom stereocenters. The minimum absolute atomic E-state index is 0.0000436. The van der Waals surface area contributed by atoms with E-state index in [1.807, 2.05) is 19.1 Å². The van der Waals surface area contributed by atoms with Crippen molar-refractivity contribution in [3.05, 3.63) is 47.5 Å². The Balaban J connectivity index is 2.30. The number of rotatable bonds is 10. The van der Waals surface area contributed by atoms with Crippen molar-refractivity contribution in [1.29, 1.82) is 0 Å². The zero-order chi connectivity index (χ0) is 19.8. The number of nitrogens with two attached hydrogens (primary N) is 1. The number of ketones is 1. The van der Waals surface area contributed by atoms with E-state index in [4.69, 9.17) is 15.2 Å². The molecular weight excluding hydrogens is 342 g/mol. The third-order valence-corrected chi connectivity index (χ3v) is 4.30. The minimum Gasteiger partial charge on any atom is -0.507 e. The number of carbonyl (C=O) groups excluding carboxylic acids is 1. The van der Waals surface area contributed by atoms with Crippen LogP contribution in [0.1, 0.15) is 62.4 Å². The fraction of sp³-hybridized carbons (Fsp3) is 0.409. The van der Waals surface area contributed by atoms with Crippen LogP contribution in [0.4, 0.5) is 5.69 Å². The maximum atomic E-state index is 11.7. The van der Waals surface area contributed by atoms with Gasteiger partial charge in [-0.15, -0.1) is 0 Å². The standard InChI is InChI=1S/C22H29NO4/c1-4-6-11-21(26-17-10-7-9-16(23)14-17)27-20-13-12-18(15(3)24)22(25)19(20)8-5-2/h7,9-10,12-14,21,25H,4-6,8,11,23H2,1-3H3. The van der Waals surface area contributed by atoms with Crippen molar-refractivity contribution in [2.45, 2.75) is 59.2 Å². The van der Waals surface area contributed by atoms with Crippen molar-refractivity contribution in [3.8, 4) is 17.2 Å². The zero-order valence-corrected chi connectivity index (χ0v) is 16.3.